The van der Waals surface area contributed by atoms with Crippen molar-refractivity contribution >= 4 is 17.9 Å². The fourth-order valence-electron chi connectivity index (χ4n) is 3.70. The van der Waals surface area contributed by atoms with Crippen molar-refractivity contribution in [2.24, 2.45) is 0 Å². The van der Waals surface area contributed by atoms with E-state index in [1.54, 1.807) is 4.90 Å². The highest BCUT2D eigenvalue weighted by atomic mass is 16.4. The summed E-state index contributed by atoms with van der Waals surface area (Å²) < 4.78 is 0. The third-order valence-corrected chi connectivity index (χ3v) is 4.84. The van der Waals surface area contributed by atoms with Gasteiger partial charge in [-0.25, -0.2) is 4.79 Å². The predicted octanol–water partition coefficient (Wildman–Crippen LogP) is -0.158. The van der Waals surface area contributed by atoms with Crippen LogP contribution in [0.4, 0.5) is 4.79 Å². The number of amides is 3. The molecule has 130 valence electrons. The van der Waals surface area contributed by atoms with Crippen LogP contribution in [0, 0.1) is 0 Å². The Morgan fingerprint density at radius 1 is 1.22 bits per heavy atom. The van der Waals surface area contributed by atoms with Gasteiger partial charge in [0.15, 0.2) is 0 Å². The zero-order valence-electron chi connectivity index (χ0n) is 13.9. The van der Waals surface area contributed by atoms with E-state index in [4.69, 9.17) is 5.11 Å². The van der Waals surface area contributed by atoms with Crippen molar-refractivity contribution < 1.29 is 19.5 Å². The van der Waals surface area contributed by atoms with Crippen molar-refractivity contribution in [3.8, 4) is 0 Å². The molecule has 2 aliphatic rings. The molecule has 0 spiro atoms. The highest BCUT2D eigenvalue weighted by molar-refractivity contribution is 5.87. The minimum absolute atomic E-state index is 0.0665. The summed E-state index contributed by atoms with van der Waals surface area (Å²) in [5.41, 5.74) is 0. The fourth-order valence-corrected chi connectivity index (χ4v) is 3.70. The molecule has 3 N–H and O–H groups in total. The molecule has 0 radical (unpaired) electrons. The van der Waals surface area contributed by atoms with Crippen molar-refractivity contribution in [3.63, 3.8) is 0 Å². The molecule has 1 aliphatic carbocycles. The molecule has 1 saturated carbocycles. The van der Waals surface area contributed by atoms with Gasteiger partial charge in [-0.05, 0) is 39.8 Å². The largest absolute Gasteiger partial charge is 0.465 e. The van der Waals surface area contributed by atoms with Crippen molar-refractivity contribution in [1.82, 2.24) is 20.4 Å². The maximum Gasteiger partial charge on any atom is 0.405 e. The molecule has 0 bridgehead atoms. The van der Waals surface area contributed by atoms with Crippen LogP contribution in [0.15, 0.2) is 0 Å². The average molecular weight is 326 g/mol. The van der Waals surface area contributed by atoms with Crippen molar-refractivity contribution in [1.29, 1.82) is 0 Å². The maximum atomic E-state index is 12.5. The third kappa shape index (κ3) is 4.13. The molecular weight excluding hydrogens is 300 g/mol. The summed E-state index contributed by atoms with van der Waals surface area (Å²) >= 11 is 0. The van der Waals surface area contributed by atoms with E-state index < -0.39 is 12.1 Å². The zero-order valence-corrected chi connectivity index (χ0v) is 13.9. The first-order valence-corrected chi connectivity index (χ1v) is 8.03. The molecule has 2 fully saturated rings. The molecule has 1 heterocycles. The van der Waals surface area contributed by atoms with Gasteiger partial charge in [-0.3, -0.25) is 9.59 Å². The van der Waals surface area contributed by atoms with Crippen molar-refractivity contribution in [2.45, 2.75) is 56.8 Å². The predicted molar refractivity (Wildman–Crippen MR) is 84.0 cm³/mol. The number of hydrogen-bond donors (Lipinski definition) is 3. The smallest absolute Gasteiger partial charge is 0.405 e. The number of likely N-dealkylation sites (tertiary alicyclic amines) is 1. The topological polar surface area (TPSA) is 102 Å². The Morgan fingerprint density at radius 3 is 2.48 bits per heavy atom. The second kappa shape index (κ2) is 7.16. The number of nitrogens with zero attached hydrogens (tertiary/aromatic N) is 2. The van der Waals surface area contributed by atoms with Gasteiger partial charge in [-0.2, -0.15) is 0 Å². The average Bonchev–Trinajstić information content (AvgIpc) is 2.79. The summed E-state index contributed by atoms with van der Waals surface area (Å²) in [7, 11) is 4.03. The molecule has 0 aromatic heterocycles. The monoisotopic (exact) mass is 326 g/mol. The van der Waals surface area contributed by atoms with Crippen LogP contribution in [-0.2, 0) is 9.59 Å². The van der Waals surface area contributed by atoms with Gasteiger partial charge in [-0.1, -0.05) is 0 Å². The van der Waals surface area contributed by atoms with Gasteiger partial charge >= 0.3 is 6.09 Å². The van der Waals surface area contributed by atoms with Crippen LogP contribution in [0.3, 0.4) is 0 Å². The van der Waals surface area contributed by atoms with Crippen LogP contribution in [-0.4, -0.2) is 77.6 Å². The first kappa shape index (κ1) is 17.5. The van der Waals surface area contributed by atoms with E-state index in [-0.39, 0.29) is 23.9 Å². The van der Waals surface area contributed by atoms with Crippen LogP contribution in [0.25, 0.3) is 0 Å². The Hall–Kier alpha value is -1.83. The number of carbonyl (C=O) groups is 3. The number of carbonyl (C=O) groups excluding carboxylic acids is 2. The lowest BCUT2D eigenvalue weighted by Gasteiger charge is -2.43. The van der Waals surface area contributed by atoms with E-state index in [0.717, 1.165) is 19.3 Å². The fraction of sp³-hybridized carbons (Fsp3) is 0.800. The molecule has 4 atom stereocenters. The molecular formula is C15H26N4O4. The van der Waals surface area contributed by atoms with Gasteiger partial charge in [0.05, 0.1) is 12.1 Å². The summed E-state index contributed by atoms with van der Waals surface area (Å²) in [6.07, 6.45) is 1.84. The van der Waals surface area contributed by atoms with Gasteiger partial charge < -0.3 is 25.5 Å². The summed E-state index contributed by atoms with van der Waals surface area (Å²) in [5, 5.41) is 14.1. The molecule has 2 rings (SSSR count). The SMILES string of the molecule is CC(=O)N[C@H]1C[C@H](N(C)C)CC[C@@H]1N1CC[C@H](NC(=O)O)C1=O. The van der Waals surface area contributed by atoms with E-state index in [9.17, 15) is 14.4 Å². The van der Waals surface area contributed by atoms with Crippen LogP contribution < -0.4 is 10.6 Å². The zero-order chi connectivity index (χ0) is 17.1. The lowest BCUT2D eigenvalue weighted by molar-refractivity contribution is -0.133. The minimum Gasteiger partial charge on any atom is -0.465 e. The molecule has 1 aliphatic heterocycles. The lowest BCUT2D eigenvalue weighted by atomic mass is 9.85. The second-order valence-corrected chi connectivity index (χ2v) is 6.63. The highest BCUT2D eigenvalue weighted by Gasteiger charge is 2.42. The Morgan fingerprint density at radius 2 is 1.91 bits per heavy atom. The van der Waals surface area contributed by atoms with Crippen molar-refractivity contribution in [2.75, 3.05) is 20.6 Å². The van der Waals surface area contributed by atoms with Gasteiger partial charge in [0, 0.05) is 19.5 Å². The highest BCUT2D eigenvalue weighted by Crippen LogP contribution is 2.29. The van der Waals surface area contributed by atoms with Gasteiger partial charge in [0.1, 0.15) is 6.04 Å². The van der Waals surface area contributed by atoms with E-state index >= 15 is 0 Å². The van der Waals surface area contributed by atoms with Crippen LogP contribution in [0.1, 0.15) is 32.6 Å². The molecule has 8 nitrogen and oxygen atoms in total. The number of rotatable bonds is 4. The molecule has 8 heteroatoms. The lowest BCUT2D eigenvalue weighted by Crippen LogP contribution is -2.58. The first-order chi connectivity index (χ1) is 10.8. The Labute approximate surface area is 136 Å². The van der Waals surface area contributed by atoms with Gasteiger partial charge in [0.2, 0.25) is 11.8 Å². The van der Waals surface area contributed by atoms with Gasteiger partial charge in [-0.15, -0.1) is 0 Å². The second-order valence-electron chi connectivity index (χ2n) is 6.63. The Kier molecular flexibility index (Phi) is 5.46. The summed E-state index contributed by atoms with van der Waals surface area (Å²) in [4.78, 5) is 38.6. The number of carboxylic acid groups (broad SMARTS) is 1. The maximum absolute atomic E-state index is 12.5. The third-order valence-electron chi connectivity index (χ3n) is 4.84. The normalized spacial score (nSPS) is 31.3. The summed E-state index contributed by atoms with van der Waals surface area (Å²) in [6, 6.07) is -0.463. The quantitative estimate of drug-likeness (QED) is 0.666. The molecule has 0 aromatic carbocycles. The first-order valence-electron chi connectivity index (χ1n) is 8.03. The Balaban J connectivity index is 2.08. The molecule has 0 aromatic rings. The molecule has 1 saturated heterocycles. The van der Waals surface area contributed by atoms with E-state index in [0.29, 0.717) is 19.0 Å². The van der Waals surface area contributed by atoms with E-state index in [2.05, 4.69) is 15.5 Å². The minimum atomic E-state index is -1.18. The van der Waals surface area contributed by atoms with Gasteiger partial charge in [0.25, 0.3) is 0 Å². The summed E-state index contributed by atoms with van der Waals surface area (Å²) in [6.45, 7) is 2.01. The van der Waals surface area contributed by atoms with Crippen molar-refractivity contribution in [3.05, 3.63) is 0 Å². The van der Waals surface area contributed by atoms with Crippen LogP contribution in [0.5, 0.6) is 0 Å². The standard InChI is InChI=1S/C15H26N4O4/c1-9(20)16-12-8-10(18(2)3)4-5-13(12)19-7-6-11(14(19)21)17-15(22)23/h10-13,17H,4-8H2,1-3H3,(H,16,20)(H,22,23)/t10-,11+,12+,13+/m1/s1. The van der Waals surface area contributed by atoms with E-state index in [1.165, 1.54) is 6.92 Å². The van der Waals surface area contributed by atoms with Crippen LogP contribution in [0.2, 0.25) is 0 Å². The molecule has 23 heavy (non-hydrogen) atoms. The number of hydrogen-bond acceptors (Lipinski definition) is 4. The molecule has 3 amide bonds. The van der Waals surface area contributed by atoms with Crippen LogP contribution >= 0.6 is 0 Å². The summed E-state index contributed by atoms with van der Waals surface area (Å²) in [5.74, 6) is -0.290. The Bertz CT molecular complexity index is 482. The van der Waals surface area contributed by atoms with E-state index in [1.807, 2.05) is 14.1 Å². The molecule has 0 unspecified atom stereocenters. The number of nitrogens with one attached hydrogen (secondary N) is 2.